The zero-order valence-corrected chi connectivity index (χ0v) is 8.23. The molecule has 1 N–H and O–H groups in total. The minimum atomic E-state index is -1.00. The molecule has 0 radical (unpaired) electrons. The molecule has 3 nitrogen and oxygen atoms in total. The molecule has 0 saturated heterocycles. The summed E-state index contributed by atoms with van der Waals surface area (Å²) in [6.07, 6.45) is 2.29. The van der Waals surface area contributed by atoms with Crippen LogP contribution in [0.2, 0.25) is 0 Å². The second kappa shape index (κ2) is 5.51. The van der Waals surface area contributed by atoms with Gasteiger partial charge in [-0.15, -0.1) is 0 Å². The average Bonchev–Trinajstić information content (AvgIpc) is 2.25. The van der Waals surface area contributed by atoms with E-state index in [2.05, 4.69) is 11.8 Å². The van der Waals surface area contributed by atoms with Crippen molar-refractivity contribution in [2.75, 3.05) is 7.11 Å². The van der Waals surface area contributed by atoms with Crippen LogP contribution in [0, 0.1) is 11.8 Å². The molecular formula is C12H10O3. The molecule has 0 unspecified atom stereocenters. The summed E-state index contributed by atoms with van der Waals surface area (Å²) < 4.78 is 4.99. The van der Waals surface area contributed by atoms with Crippen LogP contribution in [0.5, 0.6) is 5.75 Å². The number of carboxylic acids is 1. The molecule has 1 aromatic carbocycles. The number of hydrogen-bond donors (Lipinski definition) is 1. The van der Waals surface area contributed by atoms with E-state index in [1.165, 1.54) is 6.08 Å². The van der Waals surface area contributed by atoms with Gasteiger partial charge < -0.3 is 9.84 Å². The van der Waals surface area contributed by atoms with E-state index < -0.39 is 5.97 Å². The van der Waals surface area contributed by atoms with Crippen molar-refractivity contribution in [2.24, 2.45) is 0 Å². The van der Waals surface area contributed by atoms with Gasteiger partial charge in [0.1, 0.15) is 5.75 Å². The normalized spacial score (nSPS) is 9.40. The van der Waals surface area contributed by atoms with Gasteiger partial charge in [-0.05, 0) is 30.3 Å². The van der Waals surface area contributed by atoms with Crippen LogP contribution >= 0.6 is 0 Å². The predicted molar refractivity (Wildman–Crippen MR) is 56.6 cm³/mol. The summed E-state index contributed by atoms with van der Waals surface area (Å²) in [5.74, 6) is 5.18. The molecule has 76 valence electrons. The van der Waals surface area contributed by atoms with Crippen molar-refractivity contribution in [3.05, 3.63) is 42.0 Å². The molecule has 0 aliphatic heterocycles. The summed E-state index contributed by atoms with van der Waals surface area (Å²) in [6, 6.07) is 7.21. The lowest BCUT2D eigenvalue weighted by atomic mass is 10.2. The second-order valence-corrected chi connectivity index (χ2v) is 2.67. The van der Waals surface area contributed by atoms with Crippen LogP contribution in [0.25, 0.3) is 0 Å². The van der Waals surface area contributed by atoms with Gasteiger partial charge in [-0.1, -0.05) is 11.8 Å². The number of allylic oxidation sites excluding steroid dienone is 1. The minimum Gasteiger partial charge on any atom is -0.497 e. The van der Waals surface area contributed by atoms with Gasteiger partial charge in [0.05, 0.1) is 7.11 Å². The molecular weight excluding hydrogens is 192 g/mol. The zero-order valence-electron chi connectivity index (χ0n) is 8.23. The third-order valence-electron chi connectivity index (χ3n) is 1.62. The van der Waals surface area contributed by atoms with Crippen molar-refractivity contribution >= 4 is 5.97 Å². The highest BCUT2D eigenvalue weighted by Crippen LogP contribution is 2.09. The van der Waals surface area contributed by atoms with Crippen molar-refractivity contribution in [2.45, 2.75) is 0 Å². The van der Waals surface area contributed by atoms with E-state index in [4.69, 9.17) is 9.84 Å². The predicted octanol–water partition coefficient (Wildman–Crippen LogP) is 1.69. The summed E-state index contributed by atoms with van der Waals surface area (Å²) in [4.78, 5) is 10.1. The smallest absolute Gasteiger partial charge is 0.328 e. The van der Waals surface area contributed by atoms with Crippen molar-refractivity contribution in [1.82, 2.24) is 0 Å². The van der Waals surface area contributed by atoms with E-state index in [1.54, 1.807) is 31.4 Å². The topological polar surface area (TPSA) is 46.5 Å². The number of benzene rings is 1. The molecule has 0 heterocycles. The zero-order chi connectivity index (χ0) is 11.1. The van der Waals surface area contributed by atoms with E-state index in [0.717, 1.165) is 17.4 Å². The van der Waals surface area contributed by atoms with Gasteiger partial charge in [-0.25, -0.2) is 4.79 Å². The Kier molecular flexibility index (Phi) is 3.99. The van der Waals surface area contributed by atoms with E-state index in [9.17, 15) is 4.79 Å². The monoisotopic (exact) mass is 202 g/mol. The Morgan fingerprint density at radius 2 is 2.07 bits per heavy atom. The van der Waals surface area contributed by atoms with Gasteiger partial charge in [0, 0.05) is 11.6 Å². The van der Waals surface area contributed by atoms with Crippen LogP contribution in [0.1, 0.15) is 5.56 Å². The summed E-state index contributed by atoms with van der Waals surface area (Å²) in [6.45, 7) is 0. The van der Waals surface area contributed by atoms with Crippen molar-refractivity contribution in [1.29, 1.82) is 0 Å². The average molecular weight is 202 g/mol. The highest BCUT2D eigenvalue weighted by atomic mass is 16.5. The third-order valence-corrected chi connectivity index (χ3v) is 1.62. The summed E-state index contributed by atoms with van der Waals surface area (Å²) in [5, 5.41) is 8.31. The fourth-order valence-corrected chi connectivity index (χ4v) is 0.912. The van der Waals surface area contributed by atoms with Gasteiger partial charge in [0.15, 0.2) is 0 Å². The molecule has 0 aliphatic rings. The molecule has 1 rings (SSSR count). The molecule has 0 amide bonds. The molecule has 0 saturated carbocycles. The van der Waals surface area contributed by atoms with Crippen molar-refractivity contribution in [3.8, 4) is 17.6 Å². The third kappa shape index (κ3) is 4.01. The number of carbonyl (C=O) groups is 1. The largest absolute Gasteiger partial charge is 0.497 e. The molecule has 0 spiro atoms. The lowest BCUT2D eigenvalue weighted by Crippen LogP contribution is -1.84. The molecule has 15 heavy (non-hydrogen) atoms. The van der Waals surface area contributed by atoms with Crippen molar-refractivity contribution < 1.29 is 14.6 Å². The molecule has 0 aromatic heterocycles. The van der Waals surface area contributed by atoms with Crippen LogP contribution in [-0.4, -0.2) is 18.2 Å². The number of methoxy groups -OCH3 is 1. The maximum Gasteiger partial charge on any atom is 0.328 e. The molecule has 0 aliphatic carbocycles. The van der Waals surface area contributed by atoms with Crippen LogP contribution in [0.3, 0.4) is 0 Å². The Hall–Kier alpha value is -2.21. The Morgan fingerprint density at radius 3 is 2.60 bits per heavy atom. The highest BCUT2D eigenvalue weighted by Gasteiger charge is 1.88. The molecule has 0 atom stereocenters. The Bertz CT molecular complexity index is 418. The van der Waals surface area contributed by atoms with E-state index in [-0.39, 0.29) is 0 Å². The maximum absolute atomic E-state index is 10.1. The summed E-state index contributed by atoms with van der Waals surface area (Å²) in [5.41, 5.74) is 0.811. The van der Waals surface area contributed by atoms with E-state index >= 15 is 0 Å². The molecule has 1 aromatic rings. The van der Waals surface area contributed by atoms with Gasteiger partial charge in [0.25, 0.3) is 0 Å². The Morgan fingerprint density at radius 1 is 1.40 bits per heavy atom. The van der Waals surface area contributed by atoms with Gasteiger partial charge in [0.2, 0.25) is 0 Å². The van der Waals surface area contributed by atoms with Crippen LogP contribution in [-0.2, 0) is 4.79 Å². The minimum absolute atomic E-state index is 0.765. The number of ether oxygens (including phenoxy) is 1. The van der Waals surface area contributed by atoms with Crippen LogP contribution in [0.4, 0.5) is 0 Å². The number of rotatable bonds is 2. The Labute approximate surface area is 88.0 Å². The van der Waals surface area contributed by atoms with Gasteiger partial charge in [-0.3, -0.25) is 0 Å². The number of carboxylic acid groups (broad SMARTS) is 1. The summed E-state index contributed by atoms with van der Waals surface area (Å²) in [7, 11) is 1.59. The van der Waals surface area contributed by atoms with Crippen LogP contribution in [0.15, 0.2) is 36.4 Å². The first-order valence-corrected chi connectivity index (χ1v) is 4.27. The fraction of sp³-hybridized carbons (Fsp3) is 0.0833. The molecule has 3 heteroatoms. The maximum atomic E-state index is 10.1. The lowest BCUT2D eigenvalue weighted by molar-refractivity contribution is -0.131. The first kappa shape index (κ1) is 10.9. The van der Waals surface area contributed by atoms with Crippen LogP contribution < -0.4 is 4.74 Å². The second-order valence-electron chi connectivity index (χ2n) is 2.67. The van der Waals surface area contributed by atoms with Gasteiger partial charge >= 0.3 is 5.97 Å². The van der Waals surface area contributed by atoms with Crippen molar-refractivity contribution in [3.63, 3.8) is 0 Å². The van der Waals surface area contributed by atoms with Gasteiger partial charge in [-0.2, -0.15) is 0 Å². The number of hydrogen-bond acceptors (Lipinski definition) is 2. The first-order chi connectivity index (χ1) is 7.22. The molecule has 0 fully saturated rings. The molecule has 0 bridgehead atoms. The number of aliphatic carboxylic acids is 1. The first-order valence-electron chi connectivity index (χ1n) is 4.27. The lowest BCUT2D eigenvalue weighted by Gasteiger charge is -1.97. The highest BCUT2D eigenvalue weighted by molar-refractivity contribution is 5.80. The summed E-state index contributed by atoms with van der Waals surface area (Å²) >= 11 is 0. The fourth-order valence-electron chi connectivity index (χ4n) is 0.912. The SMILES string of the molecule is COc1ccc(C#C/C=C/C(=O)O)cc1. The van der Waals surface area contributed by atoms with E-state index in [1.807, 2.05) is 0 Å². The Balaban J connectivity index is 2.68. The van der Waals surface area contributed by atoms with E-state index in [0.29, 0.717) is 0 Å². The standard InChI is InChI=1S/C12H10O3/c1-15-11-8-6-10(7-9-11)4-2-3-5-12(13)14/h3,5-9H,1H3,(H,13,14)/b5-3+. The quantitative estimate of drug-likeness (QED) is 0.586.